The zero-order chi connectivity index (χ0) is 25.5. The van der Waals surface area contributed by atoms with E-state index < -0.39 is 30.5 Å². The van der Waals surface area contributed by atoms with Gasteiger partial charge in [0, 0.05) is 24.2 Å². The van der Waals surface area contributed by atoms with Gasteiger partial charge < -0.3 is 20.1 Å². The minimum Gasteiger partial charge on any atom is -0.465 e. The fourth-order valence-corrected chi connectivity index (χ4v) is 4.82. The Bertz CT molecular complexity index is 1100. The van der Waals surface area contributed by atoms with Crippen LogP contribution in [0.3, 0.4) is 0 Å². The van der Waals surface area contributed by atoms with Gasteiger partial charge in [-0.3, -0.25) is 4.90 Å². The Hall–Kier alpha value is -3.43. The second-order valence-electron chi connectivity index (χ2n) is 9.65. The smallest absolute Gasteiger partial charge is 0.413 e. The lowest BCUT2D eigenvalue weighted by Gasteiger charge is -2.38. The highest BCUT2D eigenvalue weighted by molar-refractivity contribution is 5.70. The molecule has 2 unspecified atom stereocenters. The molecule has 2 aromatic carbocycles. The number of nitrogens with zero attached hydrogens (tertiary/aromatic N) is 2. The number of rotatable bonds is 5. The third-order valence-electron chi connectivity index (χ3n) is 6.95. The van der Waals surface area contributed by atoms with Gasteiger partial charge in [-0.2, -0.15) is 13.2 Å². The number of amides is 2. The fraction of sp³-hybridized carbons (Fsp3) is 0.440. The van der Waals surface area contributed by atoms with E-state index >= 15 is 0 Å². The van der Waals surface area contributed by atoms with Gasteiger partial charge in [0.2, 0.25) is 0 Å². The number of alkyl halides is 3. The fourth-order valence-electron chi connectivity index (χ4n) is 4.82. The lowest BCUT2D eigenvalue weighted by atomic mass is 9.83. The minimum atomic E-state index is -4.73. The summed E-state index contributed by atoms with van der Waals surface area (Å²) in [5, 5.41) is 12.3. The van der Waals surface area contributed by atoms with E-state index in [0.717, 1.165) is 18.4 Å². The van der Waals surface area contributed by atoms with Crippen molar-refractivity contribution in [2.45, 2.75) is 50.0 Å². The molecule has 188 valence electrons. The van der Waals surface area contributed by atoms with Crippen LogP contribution in [0.4, 0.5) is 28.4 Å². The average molecular weight is 492 g/mol. The van der Waals surface area contributed by atoms with Gasteiger partial charge >= 0.3 is 18.4 Å². The maximum Gasteiger partial charge on any atom is 0.413 e. The molecule has 2 atom stereocenters. The van der Waals surface area contributed by atoms with Crippen LogP contribution in [-0.4, -0.2) is 65.6 Å². The molecule has 35 heavy (non-hydrogen) atoms. The molecule has 2 aromatic rings. The summed E-state index contributed by atoms with van der Waals surface area (Å²) in [5.74, 6) is 0. The van der Waals surface area contributed by atoms with Crippen molar-refractivity contribution in [1.82, 2.24) is 9.80 Å². The van der Waals surface area contributed by atoms with Crippen LogP contribution in [0, 0.1) is 0 Å². The van der Waals surface area contributed by atoms with Crippen LogP contribution in [0.2, 0.25) is 0 Å². The summed E-state index contributed by atoms with van der Waals surface area (Å²) >= 11 is 0. The van der Waals surface area contributed by atoms with Gasteiger partial charge in [0.25, 0.3) is 0 Å². The lowest BCUT2D eigenvalue weighted by Crippen LogP contribution is -2.56. The van der Waals surface area contributed by atoms with E-state index in [1.807, 2.05) is 12.1 Å². The van der Waals surface area contributed by atoms with Gasteiger partial charge in [0.1, 0.15) is 6.10 Å². The molecule has 10 heteroatoms. The van der Waals surface area contributed by atoms with Gasteiger partial charge in [-0.1, -0.05) is 50.2 Å². The number of carboxylic acid groups (broad SMARTS) is 1. The predicted molar refractivity (Wildman–Crippen MR) is 123 cm³/mol. The van der Waals surface area contributed by atoms with Crippen LogP contribution in [0.1, 0.15) is 36.6 Å². The molecule has 0 aromatic heterocycles. The number of fused-ring (bicyclic) bond motifs is 1. The van der Waals surface area contributed by atoms with Gasteiger partial charge in [0.15, 0.2) is 6.04 Å². The molecule has 2 amide bonds. The summed E-state index contributed by atoms with van der Waals surface area (Å²) in [4.78, 5) is 24.7. The average Bonchev–Trinajstić information content (AvgIpc) is 3.00. The largest absolute Gasteiger partial charge is 0.465 e. The van der Waals surface area contributed by atoms with Crippen LogP contribution in [0.15, 0.2) is 48.5 Å². The second-order valence-corrected chi connectivity index (χ2v) is 9.65. The quantitative estimate of drug-likeness (QED) is 0.613. The molecule has 1 aliphatic carbocycles. The first kappa shape index (κ1) is 24.7. The van der Waals surface area contributed by atoms with Gasteiger partial charge in [0.05, 0.1) is 13.1 Å². The van der Waals surface area contributed by atoms with Crippen molar-refractivity contribution in [2.24, 2.45) is 0 Å². The Morgan fingerprint density at radius 2 is 1.77 bits per heavy atom. The first-order valence-electron chi connectivity index (χ1n) is 11.3. The zero-order valence-electron chi connectivity index (χ0n) is 19.7. The number of hydrogen-bond acceptors (Lipinski definition) is 4. The summed E-state index contributed by atoms with van der Waals surface area (Å²) in [5.41, 5.74) is 2.95. The van der Waals surface area contributed by atoms with Crippen LogP contribution in [0.25, 0.3) is 0 Å². The van der Waals surface area contributed by atoms with Crippen molar-refractivity contribution in [1.29, 1.82) is 0 Å². The van der Waals surface area contributed by atoms with E-state index in [2.05, 4.69) is 31.3 Å². The maximum absolute atomic E-state index is 13.9. The summed E-state index contributed by atoms with van der Waals surface area (Å²) in [6.07, 6.45) is -7.01. The molecule has 7 nitrogen and oxygen atoms in total. The zero-order valence-corrected chi connectivity index (χ0v) is 19.7. The number of nitrogens with one attached hydrogen (secondary N) is 1. The SMILES string of the molecule is CN(C(=O)OC1CN(C(=O)O)C1)C(c1ccc(NC2Cc3ccccc3C2(C)C)cc1)C(F)(F)F. The van der Waals surface area contributed by atoms with Crippen molar-refractivity contribution >= 4 is 17.9 Å². The highest BCUT2D eigenvalue weighted by atomic mass is 19.4. The number of hydrogen-bond donors (Lipinski definition) is 2. The molecule has 0 saturated carbocycles. The number of halogens is 3. The standard InChI is InChI=1S/C25H28F3N3O4/c1-24(2)19-7-5-4-6-16(19)12-20(24)29-17-10-8-15(9-11-17)21(25(26,27)28)30(3)23(34)35-18-13-31(14-18)22(32)33/h4-11,18,20-21,29H,12-14H2,1-3H3,(H,32,33). The van der Waals surface area contributed by atoms with E-state index in [0.29, 0.717) is 10.6 Å². The van der Waals surface area contributed by atoms with E-state index in [1.54, 1.807) is 12.1 Å². The van der Waals surface area contributed by atoms with E-state index in [4.69, 9.17) is 9.84 Å². The Balaban J connectivity index is 1.45. The molecule has 0 bridgehead atoms. The monoisotopic (exact) mass is 491 g/mol. The summed E-state index contributed by atoms with van der Waals surface area (Å²) in [7, 11) is 1.03. The Kier molecular flexibility index (Phi) is 6.33. The summed E-state index contributed by atoms with van der Waals surface area (Å²) in [6.45, 7) is 4.16. The van der Waals surface area contributed by atoms with Crippen molar-refractivity contribution < 1.29 is 32.6 Å². The molecule has 4 rings (SSSR count). The van der Waals surface area contributed by atoms with Crippen LogP contribution in [-0.2, 0) is 16.6 Å². The number of carbonyl (C=O) groups excluding carboxylic acids is 1. The van der Waals surface area contributed by atoms with E-state index in [1.165, 1.54) is 23.3 Å². The molecule has 1 heterocycles. The van der Waals surface area contributed by atoms with Gasteiger partial charge in [-0.05, 0) is 35.2 Å². The Morgan fingerprint density at radius 3 is 2.34 bits per heavy atom. The number of likely N-dealkylation sites (tertiary alicyclic amines) is 1. The minimum absolute atomic E-state index is 0.0622. The van der Waals surface area contributed by atoms with Crippen molar-refractivity contribution in [2.75, 3.05) is 25.5 Å². The molecular weight excluding hydrogens is 463 g/mol. The van der Waals surface area contributed by atoms with Crippen LogP contribution >= 0.6 is 0 Å². The highest BCUT2D eigenvalue weighted by Gasteiger charge is 2.47. The molecule has 1 aliphatic heterocycles. The predicted octanol–water partition coefficient (Wildman–Crippen LogP) is 5.04. The normalized spacial score (nSPS) is 19.9. The number of anilines is 1. The number of carbonyl (C=O) groups is 2. The molecule has 1 saturated heterocycles. The van der Waals surface area contributed by atoms with E-state index in [9.17, 15) is 22.8 Å². The molecule has 0 radical (unpaired) electrons. The van der Waals surface area contributed by atoms with Gasteiger partial charge in [-0.15, -0.1) is 0 Å². The summed E-state index contributed by atoms with van der Waals surface area (Å²) < 4.78 is 46.9. The molecule has 2 N–H and O–H groups in total. The first-order chi connectivity index (χ1) is 16.4. The van der Waals surface area contributed by atoms with Crippen molar-refractivity contribution in [3.8, 4) is 0 Å². The summed E-state index contributed by atoms with van der Waals surface area (Å²) in [6, 6.07) is 12.0. The van der Waals surface area contributed by atoms with Gasteiger partial charge in [-0.25, -0.2) is 9.59 Å². The third-order valence-corrected chi connectivity index (χ3v) is 6.95. The van der Waals surface area contributed by atoms with Crippen LogP contribution in [0.5, 0.6) is 0 Å². The second kappa shape index (κ2) is 8.98. The Labute approximate surface area is 201 Å². The third kappa shape index (κ3) is 4.87. The van der Waals surface area contributed by atoms with Crippen molar-refractivity contribution in [3.05, 3.63) is 65.2 Å². The Morgan fingerprint density at radius 1 is 1.14 bits per heavy atom. The van der Waals surface area contributed by atoms with Crippen molar-refractivity contribution in [3.63, 3.8) is 0 Å². The molecular formula is C25H28F3N3O4. The lowest BCUT2D eigenvalue weighted by molar-refractivity contribution is -0.180. The first-order valence-corrected chi connectivity index (χ1v) is 11.3. The van der Waals surface area contributed by atoms with Crippen LogP contribution < -0.4 is 5.32 Å². The highest BCUT2D eigenvalue weighted by Crippen LogP contribution is 2.41. The molecule has 1 fully saturated rings. The molecule has 2 aliphatic rings. The maximum atomic E-state index is 13.9. The number of ether oxygens (including phenoxy) is 1. The van der Waals surface area contributed by atoms with E-state index in [-0.39, 0.29) is 30.1 Å². The topological polar surface area (TPSA) is 82.1 Å². The number of benzene rings is 2. The molecule has 0 spiro atoms.